The molecular formula is C29H26F4O3. The molecule has 188 valence electrons. The third-order valence-electron chi connectivity index (χ3n) is 6.55. The number of hydrogen-bond donors (Lipinski definition) is 0. The number of aryl methyl sites for hydroxylation is 1. The standard InChI is InChI=1S/C29H26F4O3/c1-3-16-35-23-14-12-21(25(30)27(23)32)19-8-10-20(11-9-19)29(34)36-24-15-13-22(26(31)28(24)33)18-6-4-17(2)5-7-18/h3-7,12-15,19-20H,1,8-11,16H2,2H3. The second kappa shape index (κ2) is 11.0. The van der Waals surface area contributed by atoms with Gasteiger partial charge in [0.2, 0.25) is 11.6 Å². The van der Waals surface area contributed by atoms with Crippen LogP contribution in [0.5, 0.6) is 11.5 Å². The summed E-state index contributed by atoms with van der Waals surface area (Å²) < 4.78 is 68.7. The van der Waals surface area contributed by atoms with Crippen LogP contribution in [-0.2, 0) is 4.79 Å². The predicted octanol–water partition coefficient (Wildman–Crippen LogP) is 7.66. The molecule has 3 aromatic rings. The lowest BCUT2D eigenvalue weighted by molar-refractivity contribution is -0.140. The van der Waals surface area contributed by atoms with E-state index in [0.29, 0.717) is 31.2 Å². The molecule has 1 fully saturated rings. The van der Waals surface area contributed by atoms with Crippen molar-refractivity contribution in [3.8, 4) is 22.6 Å². The molecule has 0 atom stereocenters. The van der Waals surface area contributed by atoms with Gasteiger partial charge in [-0.25, -0.2) is 8.78 Å². The fraction of sp³-hybridized carbons (Fsp3) is 0.276. The van der Waals surface area contributed by atoms with E-state index < -0.39 is 40.9 Å². The van der Waals surface area contributed by atoms with Gasteiger partial charge in [-0.05, 0) is 67.9 Å². The van der Waals surface area contributed by atoms with Gasteiger partial charge in [0.25, 0.3) is 0 Å². The minimum atomic E-state index is -1.23. The Labute approximate surface area is 207 Å². The lowest BCUT2D eigenvalue weighted by Gasteiger charge is -2.28. The normalized spacial score (nSPS) is 17.5. The number of hydrogen-bond acceptors (Lipinski definition) is 3. The van der Waals surface area contributed by atoms with E-state index in [1.807, 2.05) is 6.92 Å². The van der Waals surface area contributed by atoms with Crippen LogP contribution in [0.4, 0.5) is 17.6 Å². The molecule has 0 unspecified atom stereocenters. The van der Waals surface area contributed by atoms with Crippen LogP contribution in [0.2, 0.25) is 0 Å². The fourth-order valence-electron chi connectivity index (χ4n) is 4.52. The minimum Gasteiger partial charge on any atom is -0.486 e. The van der Waals surface area contributed by atoms with E-state index in [1.54, 1.807) is 24.3 Å². The third-order valence-corrected chi connectivity index (χ3v) is 6.55. The number of ether oxygens (including phenoxy) is 2. The largest absolute Gasteiger partial charge is 0.486 e. The summed E-state index contributed by atoms with van der Waals surface area (Å²) in [5.41, 5.74) is 1.80. The van der Waals surface area contributed by atoms with Crippen LogP contribution in [0.3, 0.4) is 0 Å². The Morgan fingerprint density at radius 3 is 2.17 bits per heavy atom. The van der Waals surface area contributed by atoms with Crippen molar-refractivity contribution >= 4 is 5.97 Å². The highest BCUT2D eigenvalue weighted by atomic mass is 19.2. The first-order chi connectivity index (χ1) is 17.3. The summed E-state index contributed by atoms with van der Waals surface area (Å²) in [6.45, 7) is 5.42. The van der Waals surface area contributed by atoms with Crippen LogP contribution in [0.25, 0.3) is 11.1 Å². The van der Waals surface area contributed by atoms with E-state index in [2.05, 4.69) is 6.58 Å². The second-order valence-corrected chi connectivity index (χ2v) is 8.96. The molecular weight excluding hydrogens is 472 g/mol. The Balaban J connectivity index is 1.40. The molecule has 0 heterocycles. The highest BCUT2D eigenvalue weighted by molar-refractivity contribution is 5.76. The van der Waals surface area contributed by atoms with Crippen molar-refractivity contribution < 1.29 is 31.8 Å². The van der Waals surface area contributed by atoms with Gasteiger partial charge in [0.1, 0.15) is 6.61 Å². The van der Waals surface area contributed by atoms with Gasteiger partial charge in [0, 0.05) is 5.56 Å². The maximum Gasteiger partial charge on any atom is 0.314 e. The summed E-state index contributed by atoms with van der Waals surface area (Å²) in [7, 11) is 0. The van der Waals surface area contributed by atoms with E-state index >= 15 is 0 Å². The van der Waals surface area contributed by atoms with Crippen molar-refractivity contribution in [2.24, 2.45) is 5.92 Å². The summed E-state index contributed by atoms with van der Waals surface area (Å²) in [6, 6.07) is 12.5. The topological polar surface area (TPSA) is 35.5 Å². The first-order valence-electron chi connectivity index (χ1n) is 11.8. The van der Waals surface area contributed by atoms with Crippen molar-refractivity contribution in [1.29, 1.82) is 0 Å². The smallest absolute Gasteiger partial charge is 0.314 e. The third kappa shape index (κ3) is 5.30. The predicted molar refractivity (Wildman–Crippen MR) is 129 cm³/mol. The maximum absolute atomic E-state index is 14.7. The molecule has 0 N–H and O–H groups in total. The number of rotatable bonds is 7. The van der Waals surface area contributed by atoms with Crippen molar-refractivity contribution in [2.45, 2.75) is 38.5 Å². The van der Waals surface area contributed by atoms with E-state index in [1.165, 1.54) is 30.3 Å². The van der Waals surface area contributed by atoms with E-state index in [-0.39, 0.29) is 29.4 Å². The van der Waals surface area contributed by atoms with Gasteiger partial charge in [-0.3, -0.25) is 4.79 Å². The zero-order valence-electron chi connectivity index (χ0n) is 19.8. The Bertz CT molecular complexity index is 1260. The Morgan fingerprint density at radius 1 is 0.861 bits per heavy atom. The van der Waals surface area contributed by atoms with Crippen LogP contribution in [0.1, 0.15) is 42.7 Å². The molecule has 1 aliphatic rings. The van der Waals surface area contributed by atoms with Crippen molar-refractivity contribution in [3.63, 3.8) is 0 Å². The SMILES string of the molecule is C=CCOc1ccc(C2CCC(C(=O)Oc3ccc(-c4ccc(C)cc4)c(F)c3F)CC2)c(F)c1F. The average Bonchev–Trinajstić information content (AvgIpc) is 2.88. The van der Waals surface area contributed by atoms with Crippen molar-refractivity contribution in [1.82, 2.24) is 0 Å². The van der Waals surface area contributed by atoms with Gasteiger partial charge < -0.3 is 9.47 Å². The molecule has 0 radical (unpaired) electrons. The molecule has 0 aromatic heterocycles. The van der Waals surface area contributed by atoms with Gasteiger partial charge in [-0.2, -0.15) is 8.78 Å². The molecule has 0 bridgehead atoms. The number of benzene rings is 3. The monoisotopic (exact) mass is 498 g/mol. The van der Waals surface area contributed by atoms with Crippen molar-refractivity contribution in [3.05, 3.63) is 95.6 Å². The number of esters is 1. The number of carbonyl (C=O) groups excluding carboxylic acids is 1. The van der Waals surface area contributed by atoms with Gasteiger partial charge in [0.05, 0.1) is 5.92 Å². The maximum atomic E-state index is 14.7. The lowest BCUT2D eigenvalue weighted by atomic mass is 9.78. The highest BCUT2D eigenvalue weighted by Crippen LogP contribution is 2.39. The highest BCUT2D eigenvalue weighted by Gasteiger charge is 2.31. The zero-order valence-corrected chi connectivity index (χ0v) is 19.8. The fourth-order valence-corrected chi connectivity index (χ4v) is 4.52. The quantitative estimate of drug-likeness (QED) is 0.145. The van der Waals surface area contributed by atoms with Crippen LogP contribution in [-0.4, -0.2) is 12.6 Å². The molecule has 1 aliphatic carbocycles. The molecule has 3 nitrogen and oxygen atoms in total. The lowest BCUT2D eigenvalue weighted by Crippen LogP contribution is -2.26. The summed E-state index contributed by atoms with van der Waals surface area (Å²) in [6.07, 6.45) is 2.98. The Morgan fingerprint density at radius 2 is 1.50 bits per heavy atom. The Kier molecular flexibility index (Phi) is 7.77. The zero-order chi connectivity index (χ0) is 25.8. The van der Waals surface area contributed by atoms with Crippen molar-refractivity contribution in [2.75, 3.05) is 6.61 Å². The number of carbonyl (C=O) groups is 1. The van der Waals surface area contributed by atoms with E-state index in [4.69, 9.17) is 9.47 Å². The summed E-state index contributed by atoms with van der Waals surface area (Å²) >= 11 is 0. The van der Waals surface area contributed by atoms with Gasteiger partial charge in [-0.1, -0.05) is 48.6 Å². The molecule has 36 heavy (non-hydrogen) atoms. The molecule has 7 heteroatoms. The first-order valence-corrected chi connectivity index (χ1v) is 11.8. The summed E-state index contributed by atoms with van der Waals surface area (Å²) in [5, 5.41) is 0. The van der Waals surface area contributed by atoms with Crippen LogP contribution >= 0.6 is 0 Å². The van der Waals surface area contributed by atoms with E-state index in [9.17, 15) is 22.4 Å². The molecule has 0 aliphatic heterocycles. The minimum absolute atomic E-state index is 0.0576. The summed E-state index contributed by atoms with van der Waals surface area (Å²) in [4.78, 5) is 12.7. The van der Waals surface area contributed by atoms with Crippen LogP contribution < -0.4 is 9.47 Å². The average molecular weight is 499 g/mol. The van der Waals surface area contributed by atoms with E-state index in [0.717, 1.165) is 5.56 Å². The van der Waals surface area contributed by atoms with Crippen LogP contribution in [0.15, 0.2) is 61.2 Å². The van der Waals surface area contributed by atoms with Crippen LogP contribution in [0, 0.1) is 36.1 Å². The molecule has 0 saturated heterocycles. The molecule has 0 spiro atoms. The number of halogens is 4. The van der Waals surface area contributed by atoms with Gasteiger partial charge in [0.15, 0.2) is 23.1 Å². The summed E-state index contributed by atoms with van der Waals surface area (Å²) in [5.74, 6) is -6.50. The second-order valence-electron chi connectivity index (χ2n) is 8.96. The van der Waals surface area contributed by atoms with Gasteiger partial charge >= 0.3 is 5.97 Å². The Hall–Kier alpha value is -3.61. The first kappa shape index (κ1) is 25.5. The molecule has 1 saturated carbocycles. The molecule has 3 aromatic carbocycles. The molecule has 4 rings (SSSR count). The van der Waals surface area contributed by atoms with Gasteiger partial charge in [-0.15, -0.1) is 0 Å². The molecule has 0 amide bonds.